The van der Waals surface area contributed by atoms with Crippen LogP contribution >= 0.6 is 15.9 Å². The van der Waals surface area contributed by atoms with Gasteiger partial charge < -0.3 is 14.2 Å². The fourth-order valence-corrected chi connectivity index (χ4v) is 3.60. The van der Waals surface area contributed by atoms with E-state index in [9.17, 15) is 4.79 Å². The van der Waals surface area contributed by atoms with Crippen LogP contribution in [-0.2, 0) is 9.47 Å². The van der Waals surface area contributed by atoms with Crippen LogP contribution in [0.25, 0.3) is 0 Å². The summed E-state index contributed by atoms with van der Waals surface area (Å²) in [5, 5.41) is 0. The predicted molar refractivity (Wildman–Crippen MR) is 90.9 cm³/mol. The molecule has 0 radical (unpaired) electrons. The van der Waals surface area contributed by atoms with Gasteiger partial charge in [0.25, 0.3) is 0 Å². The Bertz CT molecular complexity index is 534. The highest BCUT2D eigenvalue weighted by Crippen LogP contribution is 2.28. The van der Waals surface area contributed by atoms with Crippen LogP contribution in [0.5, 0.6) is 5.75 Å². The first-order chi connectivity index (χ1) is 11.2. The van der Waals surface area contributed by atoms with Crippen molar-refractivity contribution in [2.24, 2.45) is 0 Å². The van der Waals surface area contributed by atoms with Crippen LogP contribution in [0.2, 0.25) is 0 Å². The minimum atomic E-state index is -0.247. The molecule has 1 aromatic carbocycles. The van der Waals surface area contributed by atoms with Crippen molar-refractivity contribution in [1.82, 2.24) is 0 Å². The van der Waals surface area contributed by atoms with Gasteiger partial charge in [0.2, 0.25) is 0 Å². The van der Waals surface area contributed by atoms with E-state index in [1.807, 2.05) is 6.07 Å². The standard InChI is InChI=1S/C18H23BrO4/c19-16-11-13(18(20)23-14-5-2-1-3-6-14)8-9-17(16)22-12-15-7-4-10-21-15/h8-9,11,14-15H,1-7,10,12H2. The lowest BCUT2D eigenvalue weighted by atomic mass is 9.98. The summed E-state index contributed by atoms with van der Waals surface area (Å²) in [5.74, 6) is 0.484. The van der Waals surface area contributed by atoms with Gasteiger partial charge in [0.15, 0.2) is 0 Å². The van der Waals surface area contributed by atoms with Crippen LogP contribution in [0.15, 0.2) is 22.7 Å². The van der Waals surface area contributed by atoms with E-state index in [4.69, 9.17) is 14.2 Å². The van der Waals surface area contributed by atoms with Gasteiger partial charge in [-0.05, 0) is 72.7 Å². The van der Waals surface area contributed by atoms with Gasteiger partial charge in [-0.15, -0.1) is 0 Å². The summed E-state index contributed by atoms with van der Waals surface area (Å²) >= 11 is 3.48. The van der Waals surface area contributed by atoms with E-state index in [1.54, 1.807) is 12.1 Å². The van der Waals surface area contributed by atoms with Gasteiger partial charge in [-0.25, -0.2) is 4.79 Å². The van der Waals surface area contributed by atoms with Crippen LogP contribution in [0, 0.1) is 0 Å². The number of carbonyl (C=O) groups is 1. The summed E-state index contributed by atoms with van der Waals surface area (Å²) in [4.78, 5) is 12.2. The van der Waals surface area contributed by atoms with E-state index in [2.05, 4.69) is 15.9 Å². The maximum Gasteiger partial charge on any atom is 0.338 e. The first-order valence-electron chi connectivity index (χ1n) is 8.47. The molecule has 0 amide bonds. The lowest BCUT2D eigenvalue weighted by Crippen LogP contribution is -2.21. The highest BCUT2D eigenvalue weighted by molar-refractivity contribution is 9.10. The summed E-state index contributed by atoms with van der Waals surface area (Å²) in [6.07, 6.45) is 7.91. The molecule has 1 saturated carbocycles. The molecule has 0 aromatic heterocycles. The second-order valence-corrected chi connectivity index (χ2v) is 7.11. The smallest absolute Gasteiger partial charge is 0.338 e. The fourth-order valence-electron chi connectivity index (χ4n) is 3.11. The second-order valence-electron chi connectivity index (χ2n) is 6.26. The van der Waals surface area contributed by atoms with E-state index < -0.39 is 0 Å². The number of ether oxygens (including phenoxy) is 3. The molecule has 1 atom stereocenters. The summed E-state index contributed by atoms with van der Waals surface area (Å²) in [6.45, 7) is 1.37. The van der Waals surface area contributed by atoms with E-state index in [-0.39, 0.29) is 18.2 Å². The molecular formula is C18H23BrO4. The zero-order valence-electron chi connectivity index (χ0n) is 13.3. The van der Waals surface area contributed by atoms with Crippen molar-refractivity contribution in [1.29, 1.82) is 0 Å². The fraction of sp³-hybridized carbons (Fsp3) is 0.611. The molecule has 126 valence electrons. The molecule has 2 fully saturated rings. The molecule has 1 aliphatic heterocycles. The average molecular weight is 383 g/mol. The SMILES string of the molecule is O=C(OC1CCCCC1)c1ccc(OCC2CCCO2)c(Br)c1. The van der Waals surface area contributed by atoms with E-state index in [0.29, 0.717) is 12.2 Å². The number of esters is 1. The van der Waals surface area contributed by atoms with Gasteiger partial charge >= 0.3 is 5.97 Å². The molecular weight excluding hydrogens is 360 g/mol. The molecule has 1 aliphatic carbocycles. The highest BCUT2D eigenvalue weighted by atomic mass is 79.9. The van der Waals surface area contributed by atoms with Gasteiger partial charge in [-0.1, -0.05) is 6.42 Å². The van der Waals surface area contributed by atoms with Crippen molar-refractivity contribution in [2.45, 2.75) is 57.2 Å². The topological polar surface area (TPSA) is 44.8 Å². The van der Waals surface area contributed by atoms with Crippen LogP contribution in [0.4, 0.5) is 0 Å². The molecule has 5 heteroatoms. The number of carbonyl (C=O) groups excluding carboxylic acids is 1. The third-order valence-corrected chi connectivity index (χ3v) is 5.06. The van der Waals surface area contributed by atoms with Crippen molar-refractivity contribution < 1.29 is 19.0 Å². The zero-order valence-corrected chi connectivity index (χ0v) is 14.8. The quantitative estimate of drug-likeness (QED) is 0.703. The molecule has 4 nitrogen and oxygen atoms in total. The van der Waals surface area contributed by atoms with Crippen molar-refractivity contribution in [2.75, 3.05) is 13.2 Å². The second kappa shape index (κ2) is 8.15. The molecule has 0 N–H and O–H groups in total. The number of halogens is 1. The van der Waals surface area contributed by atoms with Gasteiger partial charge in [0.1, 0.15) is 18.5 Å². The lowest BCUT2D eigenvalue weighted by molar-refractivity contribution is 0.0211. The highest BCUT2D eigenvalue weighted by Gasteiger charge is 2.20. The molecule has 1 saturated heterocycles. The first-order valence-corrected chi connectivity index (χ1v) is 9.26. The number of hydrogen-bond acceptors (Lipinski definition) is 4. The monoisotopic (exact) mass is 382 g/mol. The molecule has 0 bridgehead atoms. The molecule has 23 heavy (non-hydrogen) atoms. The summed E-state index contributed by atoms with van der Waals surface area (Å²) in [7, 11) is 0. The Hall–Kier alpha value is -1.07. The molecule has 0 spiro atoms. The predicted octanol–water partition coefficient (Wildman–Crippen LogP) is 4.50. The van der Waals surface area contributed by atoms with E-state index in [0.717, 1.165) is 55.4 Å². The number of hydrogen-bond donors (Lipinski definition) is 0. The number of benzene rings is 1. The van der Waals surface area contributed by atoms with Crippen LogP contribution < -0.4 is 4.74 Å². The molecule has 3 rings (SSSR count). The normalized spacial score (nSPS) is 22.0. The largest absolute Gasteiger partial charge is 0.490 e. The van der Waals surface area contributed by atoms with E-state index >= 15 is 0 Å². The summed E-state index contributed by atoms with van der Waals surface area (Å²) in [5.41, 5.74) is 0.562. The third kappa shape index (κ3) is 4.70. The Morgan fingerprint density at radius 1 is 1.17 bits per heavy atom. The molecule has 1 aromatic rings. The minimum absolute atomic E-state index is 0.0745. The lowest BCUT2D eigenvalue weighted by Gasteiger charge is -2.22. The van der Waals surface area contributed by atoms with Gasteiger partial charge in [-0.3, -0.25) is 0 Å². The Morgan fingerprint density at radius 2 is 2.00 bits per heavy atom. The van der Waals surface area contributed by atoms with Crippen LogP contribution in [-0.4, -0.2) is 31.4 Å². The maximum absolute atomic E-state index is 12.2. The maximum atomic E-state index is 12.2. The van der Waals surface area contributed by atoms with Gasteiger partial charge in [0.05, 0.1) is 16.1 Å². The van der Waals surface area contributed by atoms with E-state index in [1.165, 1.54) is 6.42 Å². The summed E-state index contributed by atoms with van der Waals surface area (Å²) in [6, 6.07) is 5.35. The molecule has 1 unspecified atom stereocenters. The zero-order chi connectivity index (χ0) is 16.1. The van der Waals surface area contributed by atoms with Gasteiger partial charge in [0, 0.05) is 6.61 Å². The van der Waals surface area contributed by atoms with Crippen LogP contribution in [0.1, 0.15) is 55.3 Å². The van der Waals surface area contributed by atoms with Crippen molar-refractivity contribution in [3.8, 4) is 5.75 Å². The van der Waals surface area contributed by atoms with Gasteiger partial charge in [-0.2, -0.15) is 0 Å². The summed E-state index contributed by atoms with van der Waals surface area (Å²) < 4.78 is 17.7. The Balaban J connectivity index is 1.55. The van der Waals surface area contributed by atoms with Crippen molar-refractivity contribution in [3.05, 3.63) is 28.2 Å². The third-order valence-electron chi connectivity index (χ3n) is 4.44. The first kappa shape index (κ1) is 16.8. The van der Waals surface area contributed by atoms with Crippen molar-refractivity contribution >= 4 is 21.9 Å². The Morgan fingerprint density at radius 3 is 2.70 bits per heavy atom. The van der Waals surface area contributed by atoms with Crippen LogP contribution in [0.3, 0.4) is 0 Å². The Kier molecular flexibility index (Phi) is 5.95. The van der Waals surface area contributed by atoms with Crippen molar-refractivity contribution in [3.63, 3.8) is 0 Å². The molecule has 2 aliphatic rings. The Labute approximate surface area is 145 Å². The minimum Gasteiger partial charge on any atom is -0.490 e. The molecule has 1 heterocycles. The average Bonchev–Trinajstić information content (AvgIpc) is 3.08. The number of rotatable bonds is 5.